The summed E-state index contributed by atoms with van der Waals surface area (Å²) in [5, 5.41) is 8.83. The van der Waals surface area contributed by atoms with Gasteiger partial charge in [-0.3, -0.25) is 4.79 Å². The van der Waals surface area contributed by atoms with E-state index < -0.39 is 0 Å². The van der Waals surface area contributed by atoms with E-state index in [1.807, 2.05) is 30.3 Å². The van der Waals surface area contributed by atoms with Gasteiger partial charge in [-0.1, -0.05) is 18.2 Å². The molecule has 1 aliphatic rings. The summed E-state index contributed by atoms with van der Waals surface area (Å²) >= 11 is 0. The molecule has 1 heterocycles. The number of carbonyl (C=O) groups excluding carboxylic acids is 1. The Kier molecular flexibility index (Phi) is 3.02. The van der Waals surface area contributed by atoms with E-state index in [1.54, 1.807) is 4.90 Å². The first-order valence-electron chi connectivity index (χ1n) is 5.30. The van der Waals surface area contributed by atoms with E-state index >= 15 is 0 Å². The Balaban J connectivity index is 2.11. The van der Waals surface area contributed by atoms with Crippen LogP contribution in [0.3, 0.4) is 0 Å². The highest BCUT2D eigenvalue weighted by Gasteiger charge is 2.31. The zero-order valence-corrected chi connectivity index (χ0v) is 8.60. The Morgan fingerprint density at radius 2 is 2.07 bits per heavy atom. The summed E-state index contributed by atoms with van der Waals surface area (Å²) in [6.07, 6.45) is 1.44. The van der Waals surface area contributed by atoms with Gasteiger partial charge in [-0.2, -0.15) is 0 Å². The summed E-state index contributed by atoms with van der Waals surface area (Å²) < 4.78 is 0. The highest BCUT2D eigenvalue weighted by molar-refractivity contribution is 5.97. The lowest BCUT2D eigenvalue weighted by molar-refractivity contribution is -0.120. The summed E-state index contributed by atoms with van der Waals surface area (Å²) in [4.78, 5) is 13.7. The van der Waals surface area contributed by atoms with Crippen LogP contribution in [0.5, 0.6) is 0 Å². The maximum Gasteiger partial charge on any atom is 0.230 e. The van der Waals surface area contributed by atoms with Crippen molar-refractivity contribution < 1.29 is 9.90 Å². The fourth-order valence-electron chi connectivity index (χ4n) is 2.03. The third-order valence-electron chi connectivity index (χ3n) is 2.86. The predicted molar refractivity (Wildman–Crippen MR) is 58.6 cm³/mol. The van der Waals surface area contributed by atoms with Crippen molar-refractivity contribution in [3.63, 3.8) is 0 Å². The number of carbonyl (C=O) groups is 1. The molecular formula is C12H15NO2. The van der Waals surface area contributed by atoms with E-state index in [-0.39, 0.29) is 18.4 Å². The first-order valence-corrected chi connectivity index (χ1v) is 5.30. The molecule has 0 aromatic heterocycles. The summed E-state index contributed by atoms with van der Waals surface area (Å²) in [6, 6.07) is 9.69. The van der Waals surface area contributed by atoms with Crippen molar-refractivity contribution in [3.8, 4) is 0 Å². The largest absolute Gasteiger partial charge is 0.396 e. The molecule has 15 heavy (non-hydrogen) atoms. The van der Waals surface area contributed by atoms with Gasteiger partial charge in [0.25, 0.3) is 0 Å². The number of aliphatic hydroxyl groups excluding tert-OH is 1. The predicted octanol–water partition coefficient (Wildman–Crippen LogP) is 1.42. The van der Waals surface area contributed by atoms with Gasteiger partial charge in [0.05, 0.1) is 0 Å². The topological polar surface area (TPSA) is 40.5 Å². The molecule has 2 rings (SSSR count). The molecule has 3 heteroatoms. The van der Waals surface area contributed by atoms with Crippen molar-refractivity contribution >= 4 is 11.6 Å². The SMILES string of the molecule is O=C1C(CCO)CCN1c1ccccc1. The summed E-state index contributed by atoms with van der Waals surface area (Å²) in [5.41, 5.74) is 0.961. The van der Waals surface area contributed by atoms with Crippen LogP contribution in [0, 0.1) is 5.92 Å². The van der Waals surface area contributed by atoms with Crippen LogP contribution in [-0.4, -0.2) is 24.2 Å². The van der Waals surface area contributed by atoms with E-state index in [0.717, 1.165) is 18.7 Å². The molecule has 0 spiro atoms. The lowest BCUT2D eigenvalue weighted by Crippen LogP contribution is -2.27. The van der Waals surface area contributed by atoms with Gasteiger partial charge in [-0.15, -0.1) is 0 Å². The van der Waals surface area contributed by atoms with E-state index in [4.69, 9.17) is 5.11 Å². The van der Waals surface area contributed by atoms with Crippen LogP contribution in [0.2, 0.25) is 0 Å². The minimum atomic E-state index is 0.00945. The molecule has 1 amide bonds. The highest BCUT2D eigenvalue weighted by Crippen LogP contribution is 2.26. The maximum atomic E-state index is 11.9. The molecule has 80 valence electrons. The maximum absolute atomic E-state index is 11.9. The third kappa shape index (κ3) is 2.02. The van der Waals surface area contributed by atoms with Crippen LogP contribution in [-0.2, 0) is 4.79 Å². The molecule has 3 nitrogen and oxygen atoms in total. The number of para-hydroxylation sites is 1. The van der Waals surface area contributed by atoms with E-state index in [2.05, 4.69) is 0 Å². The fourth-order valence-corrected chi connectivity index (χ4v) is 2.03. The lowest BCUT2D eigenvalue weighted by atomic mass is 10.1. The minimum Gasteiger partial charge on any atom is -0.396 e. The summed E-state index contributed by atoms with van der Waals surface area (Å²) in [7, 11) is 0. The lowest BCUT2D eigenvalue weighted by Gasteiger charge is -2.16. The molecule has 0 bridgehead atoms. The molecule has 1 aromatic carbocycles. The number of nitrogens with zero attached hydrogens (tertiary/aromatic N) is 1. The molecule has 1 saturated heterocycles. The van der Waals surface area contributed by atoms with Crippen molar-refractivity contribution in [2.75, 3.05) is 18.1 Å². The summed E-state index contributed by atoms with van der Waals surface area (Å²) in [5.74, 6) is 0.158. The number of aliphatic hydroxyl groups is 1. The van der Waals surface area contributed by atoms with Gasteiger partial charge in [-0.05, 0) is 25.0 Å². The van der Waals surface area contributed by atoms with Crippen molar-refractivity contribution in [1.82, 2.24) is 0 Å². The van der Waals surface area contributed by atoms with Crippen molar-refractivity contribution in [2.24, 2.45) is 5.92 Å². The van der Waals surface area contributed by atoms with Crippen molar-refractivity contribution in [3.05, 3.63) is 30.3 Å². The zero-order chi connectivity index (χ0) is 10.7. The van der Waals surface area contributed by atoms with Crippen LogP contribution >= 0.6 is 0 Å². The smallest absolute Gasteiger partial charge is 0.230 e. The number of rotatable bonds is 3. The quantitative estimate of drug-likeness (QED) is 0.810. The molecule has 0 aliphatic carbocycles. The molecule has 1 N–H and O–H groups in total. The molecule has 1 fully saturated rings. The molecule has 0 saturated carbocycles. The van der Waals surface area contributed by atoms with Crippen LogP contribution < -0.4 is 4.90 Å². The molecule has 0 radical (unpaired) electrons. The number of anilines is 1. The Labute approximate surface area is 89.3 Å². The Hall–Kier alpha value is -1.35. The first-order chi connectivity index (χ1) is 7.33. The average molecular weight is 205 g/mol. The fraction of sp³-hybridized carbons (Fsp3) is 0.417. The van der Waals surface area contributed by atoms with Gasteiger partial charge in [-0.25, -0.2) is 0 Å². The number of benzene rings is 1. The highest BCUT2D eigenvalue weighted by atomic mass is 16.3. The second-order valence-electron chi connectivity index (χ2n) is 3.82. The molecule has 1 aliphatic heterocycles. The van der Waals surface area contributed by atoms with Gasteiger partial charge < -0.3 is 10.0 Å². The van der Waals surface area contributed by atoms with Crippen LogP contribution in [0.25, 0.3) is 0 Å². The van der Waals surface area contributed by atoms with E-state index in [9.17, 15) is 4.79 Å². The average Bonchev–Trinajstić information content (AvgIpc) is 2.63. The first kappa shape index (κ1) is 10.2. The van der Waals surface area contributed by atoms with Crippen molar-refractivity contribution in [1.29, 1.82) is 0 Å². The van der Waals surface area contributed by atoms with Crippen molar-refractivity contribution in [2.45, 2.75) is 12.8 Å². The van der Waals surface area contributed by atoms with Gasteiger partial charge in [0.1, 0.15) is 0 Å². The minimum absolute atomic E-state index is 0.00945. The van der Waals surface area contributed by atoms with Crippen LogP contribution in [0.15, 0.2) is 30.3 Å². The third-order valence-corrected chi connectivity index (χ3v) is 2.86. The second kappa shape index (κ2) is 4.45. The monoisotopic (exact) mass is 205 g/mol. The van der Waals surface area contributed by atoms with Crippen LogP contribution in [0.1, 0.15) is 12.8 Å². The molecule has 1 aromatic rings. The standard InChI is InChI=1S/C12H15NO2/c14-9-7-10-6-8-13(12(10)15)11-4-2-1-3-5-11/h1-5,10,14H,6-9H2. The van der Waals surface area contributed by atoms with Gasteiger partial charge in [0.2, 0.25) is 5.91 Å². The molecule has 1 unspecified atom stereocenters. The van der Waals surface area contributed by atoms with Crippen LogP contribution in [0.4, 0.5) is 5.69 Å². The number of hydrogen-bond acceptors (Lipinski definition) is 2. The second-order valence-corrected chi connectivity index (χ2v) is 3.82. The Morgan fingerprint density at radius 3 is 2.73 bits per heavy atom. The normalized spacial score (nSPS) is 21.0. The van der Waals surface area contributed by atoms with Gasteiger partial charge in [0, 0.05) is 24.8 Å². The number of hydrogen-bond donors (Lipinski definition) is 1. The van der Waals surface area contributed by atoms with Gasteiger partial charge >= 0.3 is 0 Å². The number of amides is 1. The van der Waals surface area contributed by atoms with Gasteiger partial charge in [0.15, 0.2) is 0 Å². The summed E-state index contributed by atoms with van der Waals surface area (Å²) in [6.45, 7) is 0.868. The molecular weight excluding hydrogens is 190 g/mol. The zero-order valence-electron chi connectivity index (χ0n) is 8.60. The van der Waals surface area contributed by atoms with E-state index in [1.165, 1.54) is 0 Å². The Morgan fingerprint density at radius 1 is 1.33 bits per heavy atom. The van der Waals surface area contributed by atoms with E-state index in [0.29, 0.717) is 6.42 Å². The Bertz CT molecular complexity index is 337. The molecule has 1 atom stereocenters.